The van der Waals surface area contributed by atoms with Gasteiger partial charge in [-0.25, -0.2) is 10.8 Å². The summed E-state index contributed by atoms with van der Waals surface area (Å²) in [6.45, 7) is 0. The molecule has 17 heavy (non-hydrogen) atoms. The maximum Gasteiger partial charge on any atom is 0.251 e. The number of nitrogens with one attached hydrogen (secondary N) is 2. The van der Waals surface area contributed by atoms with Crippen molar-refractivity contribution in [2.75, 3.05) is 17.8 Å². The molecule has 4 N–H and O–H groups in total. The molecule has 2 rings (SSSR count). The Balaban J connectivity index is 2.11. The van der Waals surface area contributed by atoms with Crippen LogP contribution in [0.2, 0.25) is 0 Å². The van der Waals surface area contributed by atoms with Gasteiger partial charge in [0.2, 0.25) is 11.9 Å². The van der Waals surface area contributed by atoms with Crippen LogP contribution in [0.3, 0.4) is 0 Å². The molecule has 0 spiro atoms. The van der Waals surface area contributed by atoms with Crippen LogP contribution in [0.25, 0.3) is 0 Å². The van der Waals surface area contributed by atoms with Crippen molar-refractivity contribution in [3.05, 3.63) is 12.3 Å². The summed E-state index contributed by atoms with van der Waals surface area (Å²) in [5.74, 6) is 5.36. The molecule has 1 saturated heterocycles. The number of nitrogen functional groups attached to an aromatic ring is 1. The van der Waals surface area contributed by atoms with E-state index in [1.54, 1.807) is 6.07 Å². The summed E-state index contributed by atoms with van der Waals surface area (Å²) in [6.07, 6.45) is 1.63. The highest BCUT2D eigenvalue weighted by atomic mass is 16.2. The highest BCUT2D eigenvalue weighted by Crippen LogP contribution is 2.15. The number of carbonyl (C=O) groups is 2. The zero-order chi connectivity index (χ0) is 12.4. The molecule has 1 aliphatic heterocycles. The number of aromatic nitrogens is 2. The lowest BCUT2D eigenvalue weighted by Gasteiger charge is -2.11. The van der Waals surface area contributed by atoms with Crippen molar-refractivity contribution in [2.24, 2.45) is 5.84 Å². The van der Waals surface area contributed by atoms with Crippen molar-refractivity contribution >= 4 is 23.6 Å². The van der Waals surface area contributed by atoms with E-state index in [0.29, 0.717) is 5.82 Å². The minimum atomic E-state index is -0.576. The third kappa shape index (κ3) is 2.16. The zero-order valence-electron chi connectivity index (χ0n) is 9.17. The molecule has 0 aromatic carbocycles. The van der Waals surface area contributed by atoms with E-state index in [0.717, 1.165) is 4.90 Å². The molecule has 1 aromatic rings. The van der Waals surface area contributed by atoms with E-state index in [2.05, 4.69) is 20.7 Å². The van der Waals surface area contributed by atoms with Crippen molar-refractivity contribution in [3.8, 4) is 0 Å². The third-order valence-electron chi connectivity index (χ3n) is 2.49. The van der Waals surface area contributed by atoms with Gasteiger partial charge < -0.3 is 5.32 Å². The van der Waals surface area contributed by atoms with Gasteiger partial charge in [-0.3, -0.25) is 19.9 Å². The Labute approximate surface area is 97.2 Å². The van der Waals surface area contributed by atoms with Gasteiger partial charge in [-0.05, 0) is 6.07 Å². The molecular weight excluding hydrogens is 224 g/mol. The summed E-state index contributed by atoms with van der Waals surface area (Å²) in [4.78, 5) is 31.9. The Hall–Kier alpha value is -2.22. The number of hydrogen-bond donors (Lipinski definition) is 3. The van der Waals surface area contributed by atoms with E-state index in [4.69, 9.17) is 5.84 Å². The first-order valence-corrected chi connectivity index (χ1v) is 4.98. The SMILES string of the molecule is CN1C(=O)CC(Nc2ccnc(NN)n2)C1=O. The molecule has 2 amide bonds. The lowest BCUT2D eigenvalue weighted by molar-refractivity contribution is -0.136. The molecule has 2 heterocycles. The number of rotatable bonds is 3. The Bertz CT molecular complexity index is 463. The van der Waals surface area contributed by atoms with Gasteiger partial charge in [-0.2, -0.15) is 4.98 Å². The molecule has 0 aliphatic carbocycles. The first-order chi connectivity index (χ1) is 8.11. The predicted molar refractivity (Wildman–Crippen MR) is 59.6 cm³/mol. The van der Waals surface area contributed by atoms with Gasteiger partial charge in [-0.1, -0.05) is 0 Å². The number of likely N-dealkylation sites (N-methyl/N-ethyl adjacent to an activating group) is 1. The van der Waals surface area contributed by atoms with Gasteiger partial charge in [0.1, 0.15) is 11.9 Å². The molecule has 1 fully saturated rings. The van der Waals surface area contributed by atoms with Crippen LogP contribution in [0.1, 0.15) is 6.42 Å². The van der Waals surface area contributed by atoms with Crippen molar-refractivity contribution in [1.82, 2.24) is 14.9 Å². The number of nitrogens with two attached hydrogens (primary N) is 1. The van der Waals surface area contributed by atoms with Crippen LogP contribution in [0.15, 0.2) is 12.3 Å². The van der Waals surface area contributed by atoms with E-state index < -0.39 is 6.04 Å². The van der Waals surface area contributed by atoms with Crippen molar-refractivity contribution in [3.63, 3.8) is 0 Å². The predicted octanol–water partition coefficient (Wildman–Crippen LogP) is -1.07. The molecule has 1 aromatic heterocycles. The van der Waals surface area contributed by atoms with Crippen molar-refractivity contribution < 1.29 is 9.59 Å². The summed E-state index contributed by atoms with van der Waals surface area (Å²) in [5.41, 5.74) is 2.30. The van der Waals surface area contributed by atoms with Gasteiger partial charge >= 0.3 is 0 Å². The molecule has 8 nitrogen and oxygen atoms in total. The average Bonchev–Trinajstić information content (AvgIpc) is 2.57. The normalized spacial score (nSPS) is 19.6. The smallest absolute Gasteiger partial charge is 0.251 e. The lowest BCUT2D eigenvalue weighted by atomic mass is 10.2. The Kier molecular flexibility index (Phi) is 2.88. The standard InChI is InChI=1S/C9H12N6O2/c1-15-7(16)4-5(8(15)17)12-6-2-3-11-9(13-6)14-10/h2-3,5H,4,10H2,1H3,(H2,11,12,13,14). The second-order valence-corrected chi connectivity index (χ2v) is 3.60. The average molecular weight is 236 g/mol. The maximum absolute atomic E-state index is 11.6. The van der Waals surface area contributed by atoms with Crippen LogP contribution in [-0.4, -0.2) is 39.8 Å². The first kappa shape index (κ1) is 11.3. The van der Waals surface area contributed by atoms with Gasteiger partial charge in [-0.15, -0.1) is 0 Å². The Morgan fingerprint density at radius 3 is 2.88 bits per heavy atom. The first-order valence-electron chi connectivity index (χ1n) is 4.98. The van der Waals surface area contributed by atoms with Gasteiger partial charge in [0.15, 0.2) is 0 Å². The number of hydrogen-bond acceptors (Lipinski definition) is 7. The number of amides is 2. The minimum Gasteiger partial charge on any atom is -0.358 e. The van der Waals surface area contributed by atoms with Gasteiger partial charge in [0.25, 0.3) is 5.91 Å². The number of anilines is 2. The van der Waals surface area contributed by atoms with Crippen LogP contribution in [-0.2, 0) is 9.59 Å². The van der Waals surface area contributed by atoms with Crippen LogP contribution >= 0.6 is 0 Å². The molecule has 1 aliphatic rings. The van der Waals surface area contributed by atoms with E-state index in [-0.39, 0.29) is 24.2 Å². The van der Waals surface area contributed by atoms with Crippen LogP contribution < -0.4 is 16.6 Å². The van der Waals surface area contributed by atoms with Crippen molar-refractivity contribution in [1.29, 1.82) is 0 Å². The fraction of sp³-hybridized carbons (Fsp3) is 0.333. The molecular formula is C9H12N6O2. The monoisotopic (exact) mass is 236 g/mol. The molecule has 1 unspecified atom stereocenters. The summed E-state index contributed by atoms with van der Waals surface area (Å²) in [5, 5.41) is 2.87. The molecule has 0 bridgehead atoms. The Morgan fingerprint density at radius 1 is 1.53 bits per heavy atom. The molecule has 8 heteroatoms. The van der Waals surface area contributed by atoms with Crippen LogP contribution in [0, 0.1) is 0 Å². The number of imide groups is 1. The number of nitrogens with zero attached hydrogens (tertiary/aromatic N) is 3. The van der Waals surface area contributed by atoms with Gasteiger partial charge in [0.05, 0.1) is 6.42 Å². The van der Waals surface area contributed by atoms with Gasteiger partial charge in [0, 0.05) is 13.2 Å². The fourth-order valence-corrected chi connectivity index (χ4v) is 1.56. The van der Waals surface area contributed by atoms with E-state index in [9.17, 15) is 9.59 Å². The molecule has 0 radical (unpaired) electrons. The quantitative estimate of drug-likeness (QED) is 0.348. The largest absolute Gasteiger partial charge is 0.358 e. The molecule has 0 saturated carbocycles. The second kappa shape index (κ2) is 4.34. The fourth-order valence-electron chi connectivity index (χ4n) is 1.56. The molecule has 1 atom stereocenters. The van der Waals surface area contributed by atoms with Crippen LogP contribution in [0.4, 0.5) is 11.8 Å². The van der Waals surface area contributed by atoms with Crippen LogP contribution in [0.5, 0.6) is 0 Å². The zero-order valence-corrected chi connectivity index (χ0v) is 9.17. The second-order valence-electron chi connectivity index (χ2n) is 3.60. The topological polar surface area (TPSA) is 113 Å². The highest BCUT2D eigenvalue weighted by Gasteiger charge is 2.36. The molecule has 90 valence electrons. The summed E-state index contributed by atoms with van der Waals surface area (Å²) >= 11 is 0. The third-order valence-corrected chi connectivity index (χ3v) is 2.49. The van der Waals surface area contributed by atoms with Crippen molar-refractivity contribution in [2.45, 2.75) is 12.5 Å². The summed E-state index contributed by atoms with van der Waals surface area (Å²) in [7, 11) is 1.46. The van der Waals surface area contributed by atoms with E-state index in [1.807, 2.05) is 0 Å². The summed E-state index contributed by atoms with van der Waals surface area (Å²) < 4.78 is 0. The summed E-state index contributed by atoms with van der Waals surface area (Å²) in [6, 6.07) is 1.02. The van der Waals surface area contributed by atoms with E-state index in [1.165, 1.54) is 13.2 Å². The van der Waals surface area contributed by atoms with E-state index >= 15 is 0 Å². The number of likely N-dealkylation sites (tertiary alicyclic amines) is 1. The number of hydrazine groups is 1. The minimum absolute atomic E-state index is 0.130. The Morgan fingerprint density at radius 2 is 2.29 bits per heavy atom. The highest BCUT2D eigenvalue weighted by molar-refractivity contribution is 6.06. The lowest BCUT2D eigenvalue weighted by Crippen LogP contribution is -2.32. The maximum atomic E-state index is 11.6. The number of carbonyl (C=O) groups excluding carboxylic acids is 2.